The molecular weight excluding hydrogens is 132 g/mol. The summed E-state index contributed by atoms with van der Waals surface area (Å²) in [7, 11) is 0. The van der Waals surface area contributed by atoms with E-state index in [0.29, 0.717) is 5.25 Å². The summed E-state index contributed by atoms with van der Waals surface area (Å²) in [5.41, 5.74) is 0. The molecule has 50 valence electrons. The summed E-state index contributed by atoms with van der Waals surface area (Å²) in [5, 5.41) is 8.48. The van der Waals surface area contributed by atoms with Crippen molar-refractivity contribution in [3.8, 4) is 0 Å². The van der Waals surface area contributed by atoms with Crippen LogP contribution >= 0.6 is 11.8 Å². The largest absolute Gasteiger partial charge is 0.272 e. The van der Waals surface area contributed by atoms with Gasteiger partial charge >= 0.3 is 0 Å². The molecule has 0 spiro atoms. The lowest BCUT2D eigenvalue weighted by Crippen LogP contribution is -1.84. The number of H-pyrrole nitrogens is 1. The van der Waals surface area contributed by atoms with Crippen LogP contribution in [-0.4, -0.2) is 15.4 Å². The second-order valence-corrected chi connectivity index (χ2v) is 3.71. The van der Waals surface area contributed by atoms with Crippen LogP contribution in [0.1, 0.15) is 13.8 Å². The minimum Gasteiger partial charge on any atom is -0.272 e. The van der Waals surface area contributed by atoms with E-state index in [9.17, 15) is 0 Å². The quantitative estimate of drug-likeness (QED) is 0.639. The van der Waals surface area contributed by atoms with Gasteiger partial charge in [0.2, 0.25) is 0 Å². The third-order valence-electron chi connectivity index (χ3n) is 0.838. The van der Waals surface area contributed by atoms with E-state index in [4.69, 9.17) is 0 Å². The molecule has 0 saturated heterocycles. The molecule has 1 N–H and O–H groups in total. The third-order valence-corrected chi connectivity index (χ3v) is 1.79. The van der Waals surface area contributed by atoms with Crippen LogP contribution in [0.4, 0.5) is 0 Å². The lowest BCUT2D eigenvalue weighted by Gasteiger charge is -1.98. The first-order valence-corrected chi connectivity index (χ1v) is 3.83. The number of rotatable bonds is 2. The Morgan fingerprint density at radius 1 is 1.67 bits per heavy atom. The number of aromatic amines is 1. The van der Waals surface area contributed by atoms with E-state index in [1.807, 2.05) is 6.07 Å². The molecule has 0 amide bonds. The molecule has 2 nitrogen and oxygen atoms in total. The van der Waals surface area contributed by atoms with Gasteiger partial charge in [0.15, 0.2) is 0 Å². The van der Waals surface area contributed by atoms with Crippen LogP contribution in [0.5, 0.6) is 0 Å². The highest BCUT2D eigenvalue weighted by molar-refractivity contribution is 7.99. The molecule has 0 fully saturated rings. The molecule has 0 saturated carbocycles. The fourth-order valence-corrected chi connectivity index (χ4v) is 1.32. The van der Waals surface area contributed by atoms with Gasteiger partial charge < -0.3 is 0 Å². The number of nitrogens with one attached hydrogen (secondary N) is 1. The fraction of sp³-hybridized carbons (Fsp3) is 0.500. The molecule has 3 heteroatoms. The van der Waals surface area contributed by atoms with E-state index in [2.05, 4.69) is 24.0 Å². The van der Waals surface area contributed by atoms with Crippen LogP contribution in [0.3, 0.4) is 0 Å². The molecule has 9 heavy (non-hydrogen) atoms. The predicted octanol–water partition coefficient (Wildman–Crippen LogP) is 1.91. The molecule has 0 radical (unpaired) electrons. The molecule has 0 atom stereocenters. The molecule has 0 unspecified atom stereocenters. The van der Waals surface area contributed by atoms with Gasteiger partial charge in [0.05, 0.1) is 5.03 Å². The van der Waals surface area contributed by atoms with Crippen molar-refractivity contribution in [1.29, 1.82) is 0 Å². The van der Waals surface area contributed by atoms with Gasteiger partial charge in [-0.05, 0) is 6.07 Å². The molecule has 1 heterocycles. The van der Waals surface area contributed by atoms with E-state index in [1.54, 1.807) is 18.0 Å². The predicted molar refractivity (Wildman–Crippen MR) is 39.6 cm³/mol. The molecule has 0 aliphatic rings. The topological polar surface area (TPSA) is 28.7 Å². The Morgan fingerprint density at radius 3 is 2.89 bits per heavy atom. The summed E-state index contributed by atoms with van der Waals surface area (Å²) in [6.07, 6.45) is 1.77. The number of nitrogens with zero attached hydrogens (tertiary/aromatic N) is 1. The maximum absolute atomic E-state index is 3.83. The van der Waals surface area contributed by atoms with E-state index >= 15 is 0 Å². The molecule has 1 aromatic rings. The second kappa shape index (κ2) is 2.92. The maximum atomic E-state index is 3.83. The number of hydrogen-bond acceptors (Lipinski definition) is 2. The van der Waals surface area contributed by atoms with Crippen molar-refractivity contribution >= 4 is 11.8 Å². The summed E-state index contributed by atoms with van der Waals surface area (Å²) in [6, 6.07) is 1.98. The van der Waals surface area contributed by atoms with Gasteiger partial charge in [-0.3, -0.25) is 5.10 Å². The van der Waals surface area contributed by atoms with E-state index < -0.39 is 0 Å². The van der Waals surface area contributed by atoms with Crippen molar-refractivity contribution in [3.05, 3.63) is 12.3 Å². The zero-order valence-corrected chi connectivity index (χ0v) is 6.40. The summed E-state index contributed by atoms with van der Waals surface area (Å²) < 4.78 is 0. The Hall–Kier alpha value is -0.440. The van der Waals surface area contributed by atoms with Gasteiger partial charge in [-0.15, -0.1) is 11.8 Å². The van der Waals surface area contributed by atoms with Gasteiger partial charge in [-0.2, -0.15) is 5.10 Å². The third kappa shape index (κ3) is 2.10. The molecule has 1 aromatic heterocycles. The minimum atomic E-state index is 0.630. The van der Waals surface area contributed by atoms with Crippen molar-refractivity contribution in [2.75, 3.05) is 0 Å². The number of hydrogen-bond donors (Lipinski definition) is 1. The van der Waals surface area contributed by atoms with Crippen LogP contribution in [0, 0.1) is 0 Å². The zero-order chi connectivity index (χ0) is 6.69. The van der Waals surface area contributed by atoms with Gasteiger partial charge in [-0.25, -0.2) is 0 Å². The first kappa shape index (κ1) is 6.68. The molecule has 0 aromatic carbocycles. The number of aromatic nitrogens is 2. The fourth-order valence-electron chi connectivity index (χ4n) is 0.563. The number of thioether (sulfide) groups is 1. The van der Waals surface area contributed by atoms with Gasteiger partial charge in [0.1, 0.15) is 0 Å². The van der Waals surface area contributed by atoms with Crippen LogP contribution in [-0.2, 0) is 0 Å². The molecule has 0 aliphatic carbocycles. The van der Waals surface area contributed by atoms with Crippen molar-refractivity contribution in [2.45, 2.75) is 24.1 Å². The van der Waals surface area contributed by atoms with E-state index in [-0.39, 0.29) is 0 Å². The summed E-state index contributed by atoms with van der Waals surface area (Å²) in [4.78, 5) is 0. The van der Waals surface area contributed by atoms with Crippen molar-refractivity contribution in [3.63, 3.8) is 0 Å². The second-order valence-electron chi connectivity index (χ2n) is 2.09. The maximum Gasteiger partial charge on any atom is 0.0910 e. The average Bonchev–Trinajstić information content (AvgIpc) is 2.15. The van der Waals surface area contributed by atoms with Crippen molar-refractivity contribution in [1.82, 2.24) is 10.2 Å². The van der Waals surface area contributed by atoms with Crippen LogP contribution < -0.4 is 0 Å². The highest BCUT2D eigenvalue weighted by atomic mass is 32.2. The van der Waals surface area contributed by atoms with E-state index in [1.165, 1.54) is 0 Å². The lowest BCUT2D eigenvalue weighted by atomic mass is 10.6. The van der Waals surface area contributed by atoms with E-state index in [0.717, 1.165) is 5.03 Å². The zero-order valence-electron chi connectivity index (χ0n) is 5.59. The highest BCUT2D eigenvalue weighted by Gasteiger charge is 1.96. The van der Waals surface area contributed by atoms with Gasteiger partial charge in [-0.1, -0.05) is 13.8 Å². The highest BCUT2D eigenvalue weighted by Crippen LogP contribution is 2.18. The molecule has 0 bridgehead atoms. The smallest absolute Gasteiger partial charge is 0.0910 e. The summed E-state index contributed by atoms with van der Waals surface area (Å²) in [5.74, 6) is 0. The Morgan fingerprint density at radius 2 is 2.44 bits per heavy atom. The minimum absolute atomic E-state index is 0.630. The summed E-state index contributed by atoms with van der Waals surface area (Å²) >= 11 is 1.79. The monoisotopic (exact) mass is 142 g/mol. The normalized spacial score (nSPS) is 10.6. The Bertz CT molecular complexity index is 158. The lowest BCUT2D eigenvalue weighted by molar-refractivity contribution is 0.992. The van der Waals surface area contributed by atoms with Gasteiger partial charge in [0, 0.05) is 11.4 Å². The van der Waals surface area contributed by atoms with Gasteiger partial charge in [0.25, 0.3) is 0 Å². The average molecular weight is 142 g/mol. The molecule has 1 rings (SSSR count). The molecular formula is C6H10N2S. The Kier molecular flexibility index (Phi) is 2.16. The van der Waals surface area contributed by atoms with Crippen LogP contribution in [0.2, 0.25) is 0 Å². The Labute approximate surface area is 59.0 Å². The first-order valence-electron chi connectivity index (χ1n) is 2.95. The standard InChI is InChI=1S/C6H10N2S/c1-5(2)9-6-3-4-7-8-6/h3-5H,1-2H3,(H,7,8). The summed E-state index contributed by atoms with van der Waals surface area (Å²) in [6.45, 7) is 4.32. The van der Waals surface area contributed by atoms with Crippen molar-refractivity contribution < 1.29 is 0 Å². The first-order chi connectivity index (χ1) is 4.29. The van der Waals surface area contributed by atoms with Crippen LogP contribution in [0.15, 0.2) is 17.3 Å². The molecule has 0 aliphatic heterocycles. The Balaban J connectivity index is 2.48. The van der Waals surface area contributed by atoms with Crippen molar-refractivity contribution in [2.24, 2.45) is 0 Å². The SMILES string of the molecule is CC(C)Sc1ccn[nH]1. The van der Waals surface area contributed by atoms with Crippen LogP contribution in [0.25, 0.3) is 0 Å².